The van der Waals surface area contributed by atoms with Crippen LogP contribution in [0.2, 0.25) is 0 Å². The maximum Gasteiger partial charge on any atom is 0.306 e. The van der Waals surface area contributed by atoms with Crippen molar-refractivity contribution in [3.8, 4) is 0 Å². The van der Waals surface area contributed by atoms with Crippen molar-refractivity contribution in [3.05, 3.63) is 36.2 Å². The summed E-state index contributed by atoms with van der Waals surface area (Å²) in [5.41, 5.74) is 0.519. The molecule has 3 heteroatoms. The van der Waals surface area contributed by atoms with E-state index >= 15 is 0 Å². The predicted molar refractivity (Wildman–Crippen MR) is 52.2 cm³/mol. The molecule has 0 unspecified atom stereocenters. The molecular weight excluding hydrogens is 183 g/mol. The summed E-state index contributed by atoms with van der Waals surface area (Å²) in [7, 11) is 0. The molecule has 0 fully saturated rings. The Bertz CT molecular complexity index is 274. The number of rotatable bonds is 3. The molecule has 1 aliphatic rings. The number of allylic oxidation sites excluding steroid dienone is 5. The molecule has 76 valence electrons. The van der Waals surface area contributed by atoms with Gasteiger partial charge in [0.15, 0.2) is 0 Å². The molecule has 0 aromatic heterocycles. The minimum absolute atomic E-state index is 0.0257. The zero-order valence-electron chi connectivity index (χ0n) is 8.07. The van der Waals surface area contributed by atoms with Crippen molar-refractivity contribution in [2.45, 2.75) is 13.3 Å². The van der Waals surface area contributed by atoms with Crippen molar-refractivity contribution in [2.75, 3.05) is 6.61 Å². The molecule has 0 spiro atoms. The fourth-order valence-corrected chi connectivity index (χ4v) is 1.21. The number of ether oxygens (including phenoxy) is 1. The Labute approximate surface area is 82.8 Å². The van der Waals surface area contributed by atoms with Crippen molar-refractivity contribution in [3.63, 3.8) is 0 Å². The van der Waals surface area contributed by atoms with E-state index in [9.17, 15) is 9.18 Å². The summed E-state index contributed by atoms with van der Waals surface area (Å²) >= 11 is 0. The second kappa shape index (κ2) is 5.37. The van der Waals surface area contributed by atoms with E-state index < -0.39 is 0 Å². The van der Waals surface area contributed by atoms with Gasteiger partial charge >= 0.3 is 5.97 Å². The Kier molecular flexibility index (Phi) is 4.11. The second-order valence-corrected chi connectivity index (χ2v) is 3.00. The molecule has 2 nitrogen and oxygen atoms in total. The molecule has 0 heterocycles. The molecule has 0 aromatic rings. The first-order valence-electron chi connectivity index (χ1n) is 4.58. The topological polar surface area (TPSA) is 26.3 Å². The zero-order chi connectivity index (χ0) is 10.4. The summed E-state index contributed by atoms with van der Waals surface area (Å²) in [6.45, 7) is 2.17. The Morgan fingerprint density at radius 2 is 2.21 bits per heavy atom. The Hall–Kier alpha value is -1.38. The van der Waals surface area contributed by atoms with E-state index in [1.165, 1.54) is 0 Å². The van der Waals surface area contributed by atoms with Crippen LogP contribution in [0.1, 0.15) is 13.3 Å². The van der Waals surface area contributed by atoms with Gasteiger partial charge in [-0.05, 0) is 6.92 Å². The summed E-state index contributed by atoms with van der Waals surface area (Å²) in [5, 5.41) is 0. The fourth-order valence-electron chi connectivity index (χ4n) is 1.21. The van der Waals surface area contributed by atoms with E-state index in [0.29, 0.717) is 24.9 Å². The first kappa shape index (κ1) is 10.7. The third-order valence-electron chi connectivity index (χ3n) is 1.91. The highest BCUT2D eigenvalue weighted by Gasteiger charge is 2.11. The lowest BCUT2D eigenvalue weighted by molar-refractivity contribution is -0.143. The van der Waals surface area contributed by atoms with Gasteiger partial charge in [0.2, 0.25) is 0 Å². The van der Waals surface area contributed by atoms with Crippen LogP contribution in [0.25, 0.3) is 0 Å². The highest BCUT2D eigenvalue weighted by Crippen LogP contribution is 2.17. The van der Waals surface area contributed by atoms with E-state index in [4.69, 9.17) is 4.74 Å². The van der Waals surface area contributed by atoms with Crippen LogP contribution in [0.4, 0.5) is 4.39 Å². The van der Waals surface area contributed by atoms with E-state index in [-0.39, 0.29) is 11.9 Å². The molecule has 14 heavy (non-hydrogen) atoms. The Balaban J connectivity index is 2.43. The minimum Gasteiger partial charge on any atom is -0.466 e. The van der Waals surface area contributed by atoms with E-state index in [1.54, 1.807) is 31.2 Å². The Morgan fingerprint density at radius 3 is 2.71 bits per heavy atom. The maximum atomic E-state index is 12.0. The van der Waals surface area contributed by atoms with Crippen LogP contribution < -0.4 is 0 Å². The lowest BCUT2D eigenvalue weighted by atomic mass is 9.98. The zero-order valence-corrected chi connectivity index (χ0v) is 8.07. The van der Waals surface area contributed by atoms with Crippen LogP contribution in [-0.4, -0.2) is 12.6 Å². The van der Waals surface area contributed by atoms with Gasteiger partial charge in [-0.2, -0.15) is 0 Å². The van der Waals surface area contributed by atoms with E-state index in [0.717, 1.165) is 0 Å². The van der Waals surface area contributed by atoms with Gasteiger partial charge in [-0.3, -0.25) is 4.79 Å². The first-order valence-corrected chi connectivity index (χ1v) is 4.58. The third kappa shape index (κ3) is 3.17. The molecule has 0 bridgehead atoms. The smallest absolute Gasteiger partial charge is 0.306 e. The molecule has 1 aliphatic carbocycles. The van der Waals surface area contributed by atoms with Crippen LogP contribution in [0.5, 0.6) is 0 Å². The normalized spacial score (nSPS) is 19.6. The molecule has 0 saturated carbocycles. The number of hydrogen-bond donors (Lipinski definition) is 0. The Morgan fingerprint density at radius 1 is 1.57 bits per heavy atom. The predicted octanol–water partition coefficient (Wildman–Crippen LogP) is 2.54. The summed E-state index contributed by atoms with van der Waals surface area (Å²) < 4.78 is 16.8. The standard InChI is InChI=1S/C11H13FO2/c1-2-14-11(13)7-9-3-5-10(8-12)6-4-9/h3-6,8-9H,2,7H2,1H3. The van der Waals surface area contributed by atoms with Gasteiger partial charge in [0.1, 0.15) is 0 Å². The molecule has 0 atom stereocenters. The van der Waals surface area contributed by atoms with Crippen LogP contribution in [0, 0.1) is 5.92 Å². The number of carbonyl (C=O) groups is 1. The second-order valence-electron chi connectivity index (χ2n) is 3.00. The van der Waals surface area contributed by atoms with Gasteiger partial charge in [0.05, 0.1) is 19.4 Å². The third-order valence-corrected chi connectivity index (χ3v) is 1.91. The van der Waals surface area contributed by atoms with Gasteiger partial charge in [-0.25, -0.2) is 4.39 Å². The van der Waals surface area contributed by atoms with Gasteiger partial charge < -0.3 is 4.74 Å². The lowest BCUT2D eigenvalue weighted by Gasteiger charge is -2.10. The fraction of sp³-hybridized carbons (Fsp3) is 0.364. The molecule has 0 aliphatic heterocycles. The number of hydrogen-bond acceptors (Lipinski definition) is 2. The highest BCUT2D eigenvalue weighted by atomic mass is 19.1. The highest BCUT2D eigenvalue weighted by molar-refractivity contribution is 5.70. The van der Waals surface area contributed by atoms with Crippen molar-refractivity contribution in [2.24, 2.45) is 5.92 Å². The van der Waals surface area contributed by atoms with Crippen LogP contribution in [0.3, 0.4) is 0 Å². The van der Waals surface area contributed by atoms with Gasteiger partial charge in [0, 0.05) is 11.5 Å². The van der Waals surface area contributed by atoms with Gasteiger partial charge in [0.25, 0.3) is 0 Å². The van der Waals surface area contributed by atoms with Crippen LogP contribution >= 0.6 is 0 Å². The number of halogens is 1. The number of esters is 1. The van der Waals surface area contributed by atoms with Gasteiger partial charge in [-0.15, -0.1) is 0 Å². The minimum atomic E-state index is -0.223. The summed E-state index contributed by atoms with van der Waals surface area (Å²) in [6.07, 6.45) is 7.76. The average molecular weight is 196 g/mol. The van der Waals surface area contributed by atoms with Crippen molar-refractivity contribution in [1.82, 2.24) is 0 Å². The van der Waals surface area contributed by atoms with Crippen molar-refractivity contribution >= 4 is 5.97 Å². The quantitative estimate of drug-likeness (QED) is 0.648. The lowest BCUT2D eigenvalue weighted by Crippen LogP contribution is -2.09. The molecule has 0 amide bonds. The van der Waals surface area contributed by atoms with Crippen LogP contribution in [-0.2, 0) is 9.53 Å². The maximum absolute atomic E-state index is 12.0. The van der Waals surface area contributed by atoms with Gasteiger partial charge in [-0.1, -0.05) is 24.3 Å². The SMILES string of the molecule is CCOC(=O)CC1C=CC(=CF)C=C1. The molecule has 0 saturated heterocycles. The van der Waals surface area contributed by atoms with Crippen LogP contribution in [0.15, 0.2) is 36.2 Å². The molecule has 1 rings (SSSR count). The van der Waals surface area contributed by atoms with E-state index in [2.05, 4.69) is 0 Å². The first-order chi connectivity index (χ1) is 6.76. The molecule has 0 N–H and O–H groups in total. The summed E-state index contributed by atoms with van der Waals surface area (Å²) in [4.78, 5) is 11.1. The van der Waals surface area contributed by atoms with E-state index in [1.807, 2.05) is 0 Å². The number of carbonyl (C=O) groups excluding carboxylic acids is 1. The largest absolute Gasteiger partial charge is 0.466 e. The average Bonchev–Trinajstić information content (AvgIpc) is 2.19. The van der Waals surface area contributed by atoms with Crippen molar-refractivity contribution < 1.29 is 13.9 Å². The molecular formula is C11H13FO2. The van der Waals surface area contributed by atoms with Crippen molar-refractivity contribution in [1.29, 1.82) is 0 Å². The monoisotopic (exact) mass is 196 g/mol. The molecule has 0 aromatic carbocycles. The molecule has 0 radical (unpaired) electrons. The summed E-state index contributed by atoms with van der Waals surface area (Å²) in [6, 6.07) is 0. The summed E-state index contributed by atoms with van der Waals surface area (Å²) in [5.74, 6) is -0.197.